The maximum atomic E-state index is 14.6. The van der Waals surface area contributed by atoms with Gasteiger partial charge in [0.25, 0.3) is 11.5 Å². The Bertz CT molecular complexity index is 1580. The Balaban J connectivity index is 1.40. The molecule has 0 spiro atoms. The van der Waals surface area contributed by atoms with Gasteiger partial charge in [0.15, 0.2) is 17.5 Å². The average molecular weight is 509 g/mol. The number of nitrogens with zero attached hydrogens (tertiary/aromatic N) is 4. The number of hydrogen-bond donors (Lipinski definition) is 1. The number of amides is 1. The number of aromatic nitrogens is 3. The molecule has 188 valence electrons. The Morgan fingerprint density at radius 3 is 2.73 bits per heavy atom. The second-order valence-electron chi connectivity index (χ2n) is 7.79. The quantitative estimate of drug-likeness (QED) is 0.387. The van der Waals surface area contributed by atoms with Crippen molar-refractivity contribution < 1.29 is 27.1 Å². The van der Waals surface area contributed by atoms with Crippen molar-refractivity contribution in [3.05, 3.63) is 111 Å². The van der Waals surface area contributed by atoms with E-state index in [1.807, 2.05) is 0 Å². The molecule has 1 aromatic carbocycles. The second-order valence-corrected chi connectivity index (χ2v) is 7.79. The van der Waals surface area contributed by atoms with Crippen LogP contribution in [-0.2, 0) is 19.5 Å². The summed E-state index contributed by atoms with van der Waals surface area (Å²) in [4.78, 5) is 32.1. The maximum Gasteiger partial charge on any atom is 0.289 e. The van der Waals surface area contributed by atoms with Gasteiger partial charge in [-0.1, -0.05) is 12.1 Å². The van der Waals surface area contributed by atoms with E-state index in [-0.39, 0.29) is 53.7 Å². The normalized spacial score (nSPS) is 10.7. The van der Waals surface area contributed by atoms with E-state index >= 15 is 0 Å². The Morgan fingerprint density at radius 1 is 1.19 bits per heavy atom. The van der Waals surface area contributed by atoms with Crippen LogP contribution in [0.4, 0.5) is 13.2 Å². The van der Waals surface area contributed by atoms with E-state index < -0.39 is 28.9 Å². The van der Waals surface area contributed by atoms with E-state index in [4.69, 9.17) is 14.4 Å². The van der Waals surface area contributed by atoms with Gasteiger partial charge in [-0.2, -0.15) is 5.26 Å². The molecule has 0 saturated carbocycles. The van der Waals surface area contributed by atoms with Gasteiger partial charge in [0.2, 0.25) is 5.76 Å². The topological polar surface area (TPSA) is 123 Å². The van der Waals surface area contributed by atoms with Gasteiger partial charge in [-0.05, 0) is 17.7 Å². The zero-order chi connectivity index (χ0) is 26.5. The molecule has 1 N–H and O–H groups in total. The van der Waals surface area contributed by atoms with E-state index in [1.54, 1.807) is 12.1 Å². The fraction of sp³-hybridized carbons (Fsp3) is 0.160. The van der Waals surface area contributed by atoms with Gasteiger partial charge in [0, 0.05) is 30.4 Å². The second kappa shape index (κ2) is 10.8. The number of carbonyl (C=O) groups is 1. The highest BCUT2D eigenvalue weighted by molar-refractivity contribution is 5.91. The molecule has 0 aliphatic rings. The van der Waals surface area contributed by atoms with Crippen LogP contribution in [0.5, 0.6) is 5.75 Å². The number of oxazole rings is 1. The molecular weight excluding hydrogens is 491 g/mol. The molecule has 4 rings (SSSR count). The van der Waals surface area contributed by atoms with Crippen LogP contribution in [-0.4, -0.2) is 27.6 Å². The van der Waals surface area contributed by atoms with Crippen molar-refractivity contribution in [1.29, 1.82) is 5.26 Å². The molecular formula is C25H18F3N5O4. The summed E-state index contributed by atoms with van der Waals surface area (Å²) >= 11 is 0. The van der Waals surface area contributed by atoms with Crippen LogP contribution in [0.25, 0.3) is 0 Å². The van der Waals surface area contributed by atoms with E-state index in [1.165, 1.54) is 25.4 Å². The number of benzene rings is 1. The van der Waals surface area contributed by atoms with Gasteiger partial charge < -0.3 is 19.0 Å². The van der Waals surface area contributed by atoms with Gasteiger partial charge in [-0.3, -0.25) is 14.6 Å². The molecule has 4 aromatic rings. The SMILES string of the molecule is COc1c(C#N)cnc(CNC(=O)c2cnc(Cc3ccc(Cn4cc(F)ccc4=O)c(F)c3)o2)c1F. The van der Waals surface area contributed by atoms with Crippen LogP contribution in [0.2, 0.25) is 0 Å². The largest absolute Gasteiger partial charge is 0.492 e. The number of nitrogens with one attached hydrogen (secondary N) is 1. The summed E-state index contributed by atoms with van der Waals surface area (Å²) in [5.74, 6) is -3.08. The third kappa shape index (κ3) is 5.67. The van der Waals surface area contributed by atoms with E-state index in [2.05, 4.69) is 15.3 Å². The zero-order valence-electron chi connectivity index (χ0n) is 19.3. The first-order chi connectivity index (χ1) is 17.8. The molecule has 0 unspecified atom stereocenters. The van der Waals surface area contributed by atoms with Gasteiger partial charge in [0.1, 0.15) is 23.3 Å². The number of carbonyl (C=O) groups excluding carboxylic acids is 1. The third-order valence-corrected chi connectivity index (χ3v) is 5.33. The lowest BCUT2D eigenvalue weighted by molar-refractivity contribution is 0.0920. The fourth-order valence-electron chi connectivity index (χ4n) is 3.47. The van der Waals surface area contributed by atoms with Gasteiger partial charge in [-0.25, -0.2) is 18.2 Å². The molecule has 12 heteroatoms. The monoisotopic (exact) mass is 509 g/mol. The number of ether oxygens (including phenoxy) is 1. The number of nitriles is 1. The first kappa shape index (κ1) is 25.2. The Morgan fingerprint density at radius 2 is 2.00 bits per heavy atom. The van der Waals surface area contributed by atoms with Gasteiger partial charge in [-0.15, -0.1) is 0 Å². The molecule has 0 fully saturated rings. The molecule has 0 radical (unpaired) electrons. The number of hydrogen-bond acceptors (Lipinski definition) is 7. The lowest BCUT2D eigenvalue weighted by Crippen LogP contribution is -2.23. The zero-order valence-corrected chi connectivity index (χ0v) is 19.3. The molecule has 0 atom stereocenters. The minimum atomic E-state index is -0.868. The Kier molecular flexibility index (Phi) is 7.34. The summed E-state index contributed by atoms with van der Waals surface area (Å²) in [6.45, 7) is -0.448. The summed E-state index contributed by atoms with van der Waals surface area (Å²) in [6, 6.07) is 8.15. The minimum Gasteiger partial charge on any atom is -0.492 e. The maximum absolute atomic E-state index is 14.6. The van der Waals surface area contributed by atoms with Crippen LogP contribution in [0, 0.1) is 28.8 Å². The van der Waals surface area contributed by atoms with Crippen LogP contribution >= 0.6 is 0 Å². The lowest BCUT2D eigenvalue weighted by Gasteiger charge is -2.09. The molecule has 3 aromatic heterocycles. The molecule has 9 nitrogen and oxygen atoms in total. The third-order valence-electron chi connectivity index (χ3n) is 5.33. The smallest absolute Gasteiger partial charge is 0.289 e. The van der Waals surface area contributed by atoms with Crippen molar-refractivity contribution in [3.8, 4) is 11.8 Å². The average Bonchev–Trinajstić information content (AvgIpc) is 3.35. The van der Waals surface area contributed by atoms with Crippen molar-refractivity contribution in [2.45, 2.75) is 19.5 Å². The highest BCUT2D eigenvalue weighted by atomic mass is 19.1. The molecule has 0 aliphatic heterocycles. The van der Waals surface area contributed by atoms with Crippen molar-refractivity contribution in [1.82, 2.24) is 19.9 Å². The van der Waals surface area contributed by atoms with Crippen molar-refractivity contribution >= 4 is 5.91 Å². The molecule has 0 bridgehead atoms. The Labute approximate surface area is 207 Å². The number of rotatable bonds is 8. The van der Waals surface area contributed by atoms with E-state index in [9.17, 15) is 22.8 Å². The molecule has 37 heavy (non-hydrogen) atoms. The standard InChI is InChI=1S/C25H18F3N5O4/c1-36-24-16(8-29)9-30-19(23(24)28)10-32-25(35)20-11-31-21(37-20)7-14-2-3-15(18(27)6-14)12-33-13-17(26)4-5-22(33)34/h2-6,9,11,13H,7,10,12H2,1H3,(H,32,35). The number of pyridine rings is 2. The lowest BCUT2D eigenvalue weighted by atomic mass is 10.1. The summed E-state index contributed by atoms with van der Waals surface area (Å²) in [7, 11) is 1.21. The van der Waals surface area contributed by atoms with E-state index in [0.717, 1.165) is 29.1 Å². The molecule has 1 amide bonds. The van der Waals surface area contributed by atoms with Gasteiger partial charge in [0.05, 0.1) is 32.1 Å². The van der Waals surface area contributed by atoms with Crippen LogP contribution in [0.15, 0.2) is 58.1 Å². The number of methoxy groups -OCH3 is 1. The highest BCUT2D eigenvalue weighted by Gasteiger charge is 2.18. The Hall–Kier alpha value is -4.92. The predicted octanol–water partition coefficient (Wildman–Crippen LogP) is 3.10. The highest BCUT2D eigenvalue weighted by Crippen LogP contribution is 2.23. The minimum absolute atomic E-state index is 0.0629. The predicted molar refractivity (Wildman–Crippen MR) is 122 cm³/mol. The number of halogens is 3. The van der Waals surface area contributed by atoms with Gasteiger partial charge >= 0.3 is 0 Å². The first-order valence-corrected chi connectivity index (χ1v) is 10.8. The summed E-state index contributed by atoms with van der Waals surface area (Å²) in [5, 5.41) is 11.4. The van der Waals surface area contributed by atoms with Crippen LogP contribution in [0.1, 0.15) is 38.8 Å². The van der Waals surface area contributed by atoms with Crippen molar-refractivity contribution in [2.75, 3.05) is 7.11 Å². The fourth-order valence-corrected chi connectivity index (χ4v) is 3.47. The molecule has 0 saturated heterocycles. The summed E-state index contributed by atoms with van der Waals surface area (Å²) < 4.78 is 53.8. The van der Waals surface area contributed by atoms with Crippen molar-refractivity contribution in [2.24, 2.45) is 0 Å². The van der Waals surface area contributed by atoms with Crippen molar-refractivity contribution in [3.63, 3.8) is 0 Å². The first-order valence-electron chi connectivity index (χ1n) is 10.8. The molecule has 3 heterocycles. The molecule has 0 aliphatic carbocycles. The summed E-state index contributed by atoms with van der Waals surface area (Å²) in [5.41, 5.74) is -0.0172. The van der Waals surface area contributed by atoms with Crippen LogP contribution in [0.3, 0.4) is 0 Å². The van der Waals surface area contributed by atoms with Crippen LogP contribution < -0.4 is 15.6 Å². The van der Waals surface area contributed by atoms with E-state index in [0.29, 0.717) is 5.56 Å². The summed E-state index contributed by atoms with van der Waals surface area (Å²) in [6.07, 6.45) is 3.37.